The number of hydrogen-bond acceptors (Lipinski definition) is 14. The van der Waals surface area contributed by atoms with E-state index in [2.05, 4.69) is 15.9 Å². The molecule has 3 fully saturated rings. The monoisotopic (exact) mass is 1120 g/mol. The van der Waals surface area contributed by atoms with Crippen LogP contribution in [0.4, 0.5) is 11.4 Å². The summed E-state index contributed by atoms with van der Waals surface area (Å²) in [6, 6.07) is 21.6. The third-order valence-electron chi connectivity index (χ3n) is 14.3. The van der Waals surface area contributed by atoms with Gasteiger partial charge < -0.3 is 27.9 Å². The van der Waals surface area contributed by atoms with Crippen LogP contribution in [0.2, 0.25) is 0 Å². The molecule has 398 valence electrons. The van der Waals surface area contributed by atoms with E-state index in [1.54, 1.807) is 36.4 Å². The predicted octanol–water partition coefficient (Wildman–Crippen LogP) is 10.8. The zero-order valence-corrected chi connectivity index (χ0v) is 45.9. The number of fused-ring (bicyclic) bond motifs is 2. The first-order chi connectivity index (χ1) is 33.0. The van der Waals surface area contributed by atoms with Crippen LogP contribution in [0.25, 0.3) is 21.8 Å². The van der Waals surface area contributed by atoms with Crippen molar-refractivity contribution < 1.29 is 54.6 Å². The number of non-ortho nitro benzene ring substituents is 2. The second kappa shape index (κ2) is 20.6. The Morgan fingerprint density at radius 2 is 0.797 bits per heavy atom. The van der Waals surface area contributed by atoms with Crippen molar-refractivity contribution in [2.75, 3.05) is 0 Å². The summed E-state index contributed by atoms with van der Waals surface area (Å²) < 4.78 is 91.1. The van der Waals surface area contributed by atoms with Gasteiger partial charge in [-0.05, 0) is 137 Å². The normalized spacial score (nSPS) is 18.9. The molecule has 6 aromatic rings. The molecule has 9 rings (SSSR count). The van der Waals surface area contributed by atoms with Crippen LogP contribution in [-0.2, 0) is 48.0 Å². The molecular weight excluding hydrogens is 1060 g/mol. The number of halogens is 1. The van der Waals surface area contributed by atoms with Crippen molar-refractivity contribution in [2.45, 2.75) is 155 Å². The van der Waals surface area contributed by atoms with Crippen LogP contribution in [-0.4, -0.2) is 89.4 Å². The summed E-state index contributed by atoms with van der Waals surface area (Å²) in [5.41, 5.74) is -1.03. The Labute approximate surface area is 444 Å². The number of aromatic nitrogens is 2. The summed E-state index contributed by atoms with van der Waals surface area (Å²) in [5, 5.41) is 23.9. The Morgan fingerprint density at radius 1 is 0.486 bits per heavy atom. The van der Waals surface area contributed by atoms with Crippen molar-refractivity contribution in [3.63, 3.8) is 0 Å². The van der Waals surface area contributed by atoms with Crippen LogP contribution < -0.4 is 5.46 Å². The molecule has 0 spiro atoms. The number of nitro groups is 2. The summed E-state index contributed by atoms with van der Waals surface area (Å²) in [4.78, 5) is 22.0. The van der Waals surface area contributed by atoms with Gasteiger partial charge in [0.1, 0.15) is 11.0 Å². The van der Waals surface area contributed by atoms with E-state index in [1.807, 2.05) is 96.9 Å². The zero-order chi connectivity index (χ0) is 53.5. The van der Waals surface area contributed by atoms with Gasteiger partial charge in [-0.25, -0.2) is 24.8 Å². The summed E-state index contributed by atoms with van der Waals surface area (Å²) in [5.74, 6) is 0. The Bertz CT molecular complexity index is 3240. The minimum atomic E-state index is -4.10. The lowest BCUT2D eigenvalue weighted by Gasteiger charge is -2.32. The van der Waals surface area contributed by atoms with E-state index in [-0.39, 0.29) is 69.5 Å². The predicted molar refractivity (Wildman–Crippen MR) is 294 cm³/mol. The van der Waals surface area contributed by atoms with Crippen LogP contribution >= 0.6 is 15.9 Å². The highest BCUT2D eigenvalue weighted by molar-refractivity contribution is 9.10. The average molecular weight is 1120 g/mol. The van der Waals surface area contributed by atoms with Gasteiger partial charge >= 0.3 is 21.1 Å². The zero-order valence-electron chi connectivity index (χ0n) is 42.7. The van der Waals surface area contributed by atoms with Gasteiger partial charge in [0.2, 0.25) is 0 Å². The maximum atomic E-state index is 13.5. The Kier molecular flexibility index (Phi) is 16.7. The number of hydrogen-bond donors (Lipinski definition) is 0. The molecule has 0 unspecified atom stereocenters. The molecule has 2 aromatic heterocycles. The summed E-state index contributed by atoms with van der Waals surface area (Å²) in [6.07, 6.45) is 2.71. The molecule has 0 N–H and O–H groups in total. The molecule has 0 saturated carbocycles. The van der Waals surface area contributed by atoms with Crippen molar-refractivity contribution >= 4 is 95.8 Å². The fourth-order valence-electron chi connectivity index (χ4n) is 7.93. The van der Waals surface area contributed by atoms with Gasteiger partial charge in [-0.2, -0.15) is 0 Å². The fourth-order valence-corrected chi connectivity index (χ4v) is 11.4. The lowest BCUT2D eigenvalue weighted by molar-refractivity contribution is -0.383. The topological polar surface area (TPSA) is 220 Å². The molecule has 0 bridgehead atoms. The highest BCUT2D eigenvalue weighted by Crippen LogP contribution is 2.44. The fraction of sp³-hybridized carbons (Fsp3) is 0.440. The molecule has 5 heterocycles. The third-order valence-corrected chi connectivity index (χ3v) is 18.3. The van der Waals surface area contributed by atoms with E-state index < -0.39 is 62.2 Å². The van der Waals surface area contributed by atoms with Gasteiger partial charge in [-0.3, -0.25) is 20.2 Å². The second-order valence-corrected chi connectivity index (χ2v) is 25.5. The minimum Gasteiger partial charge on any atom is -0.405 e. The Hall–Kier alpha value is -4.91. The van der Waals surface area contributed by atoms with Gasteiger partial charge in [-0.15, -0.1) is 0 Å². The van der Waals surface area contributed by atoms with E-state index in [0.29, 0.717) is 20.7 Å². The molecule has 3 aliphatic rings. The van der Waals surface area contributed by atoms with E-state index in [4.69, 9.17) is 27.9 Å². The van der Waals surface area contributed by atoms with E-state index in [0.717, 1.165) is 19.1 Å². The SMILES string of the molecule is C.C.CC1(C)OB(B2OC(C)(C)C(C)(C)O2)OC1(C)C.Cc1ccc(S(=O)(=O)n2cc(B3OC(C)(C)C(C)(C)O3)c3cccc([N+](=O)[O-])c32)cc1.Cc1ccc(S(=O)(=O)n2cc(Br)c3cccc([N+](=O)[O-])c32)cc1. The molecule has 24 heteroatoms. The highest BCUT2D eigenvalue weighted by atomic mass is 79.9. The molecule has 0 radical (unpaired) electrons. The third kappa shape index (κ3) is 10.9. The summed E-state index contributed by atoms with van der Waals surface area (Å²) >= 11 is 3.27. The largest absolute Gasteiger partial charge is 0.497 e. The number of para-hydroxylation sites is 2. The average Bonchev–Trinajstić information content (AvgIpc) is 4.01. The quantitative estimate of drug-likeness (QED) is 0.0786. The molecule has 0 amide bonds. The highest BCUT2D eigenvalue weighted by Gasteiger charge is 2.64. The molecule has 74 heavy (non-hydrogen) atoms. The first-order valence-electron chi connectivity index (χ1n) is 23.0. The summed E-state index contributed by atoms with van der Waals surface area (Å²) in [6.45, 7) is 27.5. The number of benzene rings is 4. The molecule has 4 aromatic carbocycles. The smallest absolute Gasteiger partial charge is 0.405 e. The van der Waals surface area contributed by atoms with Crippen LogP contribution in [0, 0.1) is 34.1 Å². The van der Waals surface area contributed by atoms with Crippen molar-refractivity contribution in [1.82, 2.24) is 7.94 Å². The molecule has 3 saturated heterocycles. The van der Waals surface area contributed by atoms with Gasteiger partial charge in [0.15, 0.2) is 0 Å². The molecule has 0 atom stereocenters. The minimum absolute atomic E-state index is 0. The summed E-state index contributed by atoms with van der Waals surface area (Å²) in [7, 11) is -9.86. The molecular formula is C50H66B3BrN4O14S2. The van der Waals surface area contributed by atoms with Crippen LogP contribution in [0.1, 0.15) is 109 Å². The Morgan fingerprint density at radius 3 is 1.15 bits per heavy atom. The number of nitro benzene ring substituents is 2. The standard InChI is InChI=1S/C21H23BN2O6S.C15H11BrN2O4S.C12H24B2O4.2CH4/c1-14-9-11-15(12-10-14)31(27,28)23-13-17(22-29-20(2,3)21(4,5)30-22)16-7-6-8-18(19(16)23)24(25)26;1-10-5-7-11(8-6-10)23(21,22)17-9-13(16)12-3-2-4-14(15(12)17)18(19)20;1-9(2)10(3,4)16-13(15-9)14-17-11(5,6)12(7,8)18-14;;/h6-13H,1-5H3;2-9H,1H3;1-8H3;2*1H4. The van der Waals surface area contributed by atoms with Crippen molar-refractivity contribution in [1.29, 1.82) is 0 Å². The first kappa shape index (κ1) is 60.0. The number of nitrogens with zero attached hydrogens (tertiary/aromatic N) is 4. The van der Waals surface area contributed by atoms with Gasteiger partial charge in [0.25, 0.3) is 31.4 Å². The lowest BCUT2D eigenvalue weighted by Crippen LogP contribution is -2.41. The maximum absolute atomic E-state index is 13.5. The van der Waals surface area contributed by atoms with E-state index in [1.165, 1.54) is 60.9 Å². The molecule has 3 aliphatic heterocycles. The molecule has 18 nitrogen and oxygen atoms in total. The van der Waals surface area contributed by atoms with Gasteiger partial charge in [0.05, 0.1) is 53.2 Å². The second-order valence-electron chi connectivity index (χ2n) is 21.0. The van der Waals surface area contributed by atoms with Gasteiger partial charge in [0, 0.05) is 45.2 Å². The maximum Gasteiger partial charge on any atom is 0.497 e. The van der Waals surface area contributed by atoms with Gasteiger partial charge in [-0.1, -0.05) is 74.5 Å². The number of rotatable bonds is 8. The van der Waals surface area contributed by atoms with E-state index >= 15 is 0 Å². The molecule has 0 aliphatic carbocycles. The van der Waals surface area contributed by atoms with Crippen molar-refractivity contribution in [2.24, 2.45) is 0 Å². The number of aryl methyl sites for hydroxylation is 2. The van der Waals surface area contributed by atoms with Crippen molar-refractivity contribution in [3.05, 3.63) is 133 Å². The first-order valence-corrected chi connectivity index (χ1v) is 26.7. The van der Waals surface area contributed by atoms with Crippen LogP contribution in [0.15, 0.2) is 112 Å². The van der Waals surface area contributed by atoms with E-state index in [9.17, 15) is 37.1 Å². The van der Waals surface area contributed by atoms with Crippen LogP contribution in [0.3, 0.4) is 0 Å². The van der Waals surface area contributed by atoms with Crippen molar-refractivity contribution in [3.8, 4) is 0 Å². The Balaban J connectivity index is 0.000000211. The van der Waals surface area contributed by atoms with Crippen LogP contribution in [0.5, 0.6) is 0 Å². The lowest BCUT2D eigenvalue weighted by atomic mass is 9.49.